The first-order valence-electron chi connectivity index (χ1n) is 8.84. The largest absolute Gasteiger partial charge is 0.465 e. The third kappa shape index (κ3) is 3.63. The van der Waals surface area contributed by atoms with Gasteiger partial charge in [0.15, 0.2) is 9.84 Å². The van der Waals surface area contributed by atoms with Gasteiger partial charge in [-0.3, -0.25) is 0 Å². The number of nitrogens with zero attached hydrogens (tertiary/aromatic N) is 1. The van der Waals surface area contributed by atoms with Crippen molar-refractivity contribution in [1.82, 2.24) is 4.57 Å². The van der Waals surface area contributed by atoms with Gasteiger partial charge in [-0.2, -0.15) is 0 Å². The summed E-state index contributed by atoms with van der Waals surface area (Å²) in [7, 11) is -2.53. The molecule has 0 fully saturated rings. The van der Waals surface area contributed by atoms with Crippen LogP contribution in [0, 0.1) is 6.92 Å². The van der Waals surface area contributed by atoms with Crippen molar-refractivity contribution in [2.45, 2.75) is 24.1 Å². The Labute approximate surface area is 173 Å². The second kappa shape index (κ2) is 7.24. The molecule has 0 spiro atoms. The first-order chi connectivity index (χ1) is 13.8. The minimum atomic E-state index is -3.77. The lowest BCUT2D eigenvalue weighted by atomic mass is 10.1. The Balaban J connectivity index is 1.83. The van der Waals surface area contributed by atoms with Gasteiger partial charge in [0.25, 0.3) is 0 Å². The Morgan fingerprint density at radius 3 is 2.59 bits per heavy atom. The summed E-state index contributed by atoms with van der Waals surface area (Å²) in [6.07, 6.45) is 3.83. The van der Waals surface area contributed by atoms with E-state index in [2.05, 4.69) is 0 Å². The number of ether oxygens (including phenoxy) is 2. The van der Waals surface area contributed by atoms with Crippen LogP contribution in [-0.4, -0.2) is 26.1 Å². The van der Waals surface area contributed by atoms with E-state index in [9.17, 15) is 13.2 Å². The van der Waals surface area contributed by atoms with Crippen molar-refractivity contribution in [3.05, 3.63) is 76.1 Å². The standard InChI is InChI=1S/C21H18ClNO5S/c1-13-7-15(21(24)27-2)10-18-19(13)28-20-16(12-29(18,25)26)8-14(9-17(20)22)11-23-5-3-4-6-23/h3-10H,11-12H2,1-2H3. The van der Waals surface area contributed by atoms with Crippen molar-refractivity contribution in [3.8, 4) is 11.5 Å². The molecule has 8 heteroatoms. The van der Waals surface area contributed by atoms with Gasteiger partial charge in [0.1, 0.15) is 16.4 Å². The molecule has 0 aliphatic carbocycles. The highest BCUT2D eigenvalue weighted by molar-refractivity contribution is 7.90. The fourth-order valence-electron chi connectivity index (χ4n) is 3.44. The zero-order chi connectivity index (χ0) is 20.8. The summed E-state index contributed by atoms with van der Waals surface area (Å²) in [6, 6.07) is 10.2. The molecule has 1 aliphatic rings. The van der Waals surface area contributed by atoms with Crippen LogP contribution in [-0.2, 0) is 26.9 Å². The number of carbonyl (C=O) groups excluding carboxylic acids is 1. The van der Waals surface area contributed by atoms with Crippen molar-refractivity contribution in [2.75, 3.05) is 7.11 Å². The van der Waals surface area contributed by atoms with E-state index in [4.69, 9.17) is 21.1 Å². The van der Waals surface area contributed by atoms with Crippen molar-refractivity contribution >= 4 is 27.4 Å². The maximum Gasteiger partial charge on any atom is 0.337 e. The second-order valence-corrected chi connectivity index (χ2v) is 9.26. The van der Waals surface area contributed by atoms with E-state index >= 15 is 0 Å². The molecule has 0 amide bonds. The van der Waals surface area contributed by atoms with Gasteiger partial charge in [-0.15, -0.1) is 0 Å². The predicted octanol–water partition coefficient (Wildman–Crippen LogP) is 4.36. The molecule has 0 unspecified atom stereocenters. The third-order valence-corrected chi connectivity index (χ3v) is 6.70. The highest BCUT2D eigenvalue weighted by Gasteiger charge is 2.31. The molecule has 0 radical (unpaired) electrons. The lowest BCUT2D eigenvalue weighted by Crippen LogP contribution is -2.08. The molecular weight excluding hydrogens is 414 g/mol. The Morgan fingerprint density at radius 2 is 1.90 bits per heavy atom. The number of benzene rings is 2. The van der Waals surface area contributed by atoms with Crippen LogP contribution in [0.2, 0.25) is 5.02 Å². The molecule has 0 atom stereocenters. The van der Waals surface area contributed by atoms with Crippen molar-refractivity contribution < 1.29 is 22.7 Å². The number of methoxy groups -OCH3 is 1. The molecule has 0 saturated heterocycles. The molecule has 29 heavy (non-hydrogen) atoms. The summed E-state index contributed by atoms with van der Waals surface area (Å²) in [6.45, 7) is 2.23. The zero-order valence-corrected chi connectivity index (χ0v) is 17.4. The smallest absolute Gasteiger partial charge is 0.337 e. The summed E-state index contributed by atoms with van der Waals surface area (Å²) in [5.74, 6) is -0.394. The number of aromatic nitrogens is 1. The number of aryl methyl sites for hydroxylation is 1. The minimum absolute atomic E-state index is 0.0443. The maximum absolute atomic E-state index is 13.1. The van der Waals surface area contributed by atoms with Gasteiger partial charge in [-0.25, -0.2) is 13.2 Å². The van der Waals surface area contributed by atoms with Gasteiger partial charge >= 0.3 is 5.97 Å². The zero-order valence-electron chi connectivity index (χ0n) is 15.8. The first-order valence-corrected chi connectivity index (χ1v) is 10.9. The van der Waals surface area contributed by atoms with Crippen LogP contribution in [0.1, 0.15) is 27.0 Å². The quantitative estimate of drug-likeness (QED) is 0.576. The lowest BCUT2D eigenvalue weighted by molar-refractivity contribution is 0.0600. The lowest BCUT2D eigenvalue weighted by Gasteiger charge is -2.14. The first kappa shape index (κ1) is 19.5. The SMILES string of the molecule is COC(=O)c1cc(C)c2c(c1)S(=O)(=O)Cc1cc(Cn3cccc3)cc(Cl)c1O2. The fourth-order valence-corrected chi connectivity index (χ4v) is 5.31. The summed E-state index contributed by atoms with van der Waals surface area (Å²) in [4.78, 5) is 11.9. The normalized spacial score (nSPS) is 14.3. The Kier molecular flexibility index (Phi) is 4.88. The maximum atomic E-state index is 13.1. The van der Waals surface area contributed by atoms with Gasteiger partial charge in [-0.05, 0) is 54.4 Å². The van der Waals surface area contributed by atoms with E-state index in [1.165, 1.54) is 13.2 Å². The summed E-state index contributed by atoms with van der Waals surface area (Å²) in [5.41, 5.74) is 2.00. The molecule has 3 aromatic rings. The molecule has 6 nitrogen and oxygen atoms in total. The van der Waals surface area contributed by atoms with E-state index < -0.39 is 15.8 Å². The monoisotopic (exact) mass is 431 g/mol. The van der Waals surface area contributed by atoms with Crippen LogP contribution in [0.15, 0.2) is 53.7 Å². The van der Waals surface area contributed by atoms with Gasteiger partial charge < -0.3 is 14.0 Å². The summed E-state index contributed by atoms with van der Waals surface area (Å²) >= 11 is 6.47. The molecule has 1 aliphatic heterocycles. The van der Waals surface area contributed by atoms with Crippen molar-refractivity contribution in [1.29, 1.82) is 0 Å². The Hall–Kier alpha value is -2.77. The molecule has 0 saturated carbocycles. The Bertz CT molecular complexity index is 1220. The van der Waals surface area contributed by atoms with Gasteiger partial charge in [0.05, 0.1) is 23.4 Å². The molecule has 4 rings (SSSR count). The predicted molar refractivity (Wildman–Crippen MR) is 108 cm³/mol. The van der Waals surface area contributed by atoms with Crippen LogP contribution in [0.5, 0.6) is 11.5 Å². The third-order valence-electron chi connectivity index (χ3n) is 4.76. The number of hydrogen-bond donors (Lipinski definition) is 0. The second-order valence-electron chi connectivity index (χ2n) is 6.89. The van der Waals surface area contributed by atoms with Gasteiger partial charge in [0.2, 0.25) is 0 Å². The van der Waals surface area contributed by atoms with Crippen LogP contribution in [0.25, 0.3) is 0 Å². The summed E-state index contributed by atoms with van der Waals surface area (Å²) in [5, 5.41) is 0.337. The number of fused-ring (bicyclic) bond motifs is 2. The average molecular weight is 432 g/mol. The van der Waals surface area contributed by atoms with E-state index in [-0.39, 0.29) is 22.0 Å². The van der Waals surface area contributed by atoms with Crippen molar-refractivity contribution in [3.63, 3.8) is 0 Å². The number of sulfone groups is 1. The van der Waals surface area contributed by atoms with Gasteiger partial charge in [-0.1, -0.05) is 11.6 Å². The molecule has 2 heterocycles. The summed E-state index contributed by atoms with van der Waals surface area (Å²) < 4.78 is 38.9. The average Bonchev–Trinajstić information content (AvgIpc) is 3.13. The fraction of sp³-hybridized carbons (Fsp3) is 0.190. The molecule has 150 valence electrons. The van der Waals surface area contributed by atoms with E-state index in [0.29, 0.717) is 28.4 Å². The number of hydrogen-bond acceptors (Lipinski definition) is 5. The molecule has 0 bridgehead atoms. The van der Waals surface area contributed by atoms with Crippen LogP contribution < -0.4 is 4.74 Å². The molecule has 1 aromatic heterocycles. The Morgan fingerprint density at radius 1 is 1.17 bits per heavy atom. The minimum Gasteiger partial charge on any atom is -0.465 e. The van der Waals surface area contributed by atoms with E-state index in [1.54, 1.807) is 25.1 Å². The van der Waals surface area contributed by atoms with Gasteiger partial charge in [0, 0.05) is 24.5 Å². The topological polar surface area (TPSA) is 74.6 Å². The van der Waals surface area contributed by atoms with E-state index in [0.717, 1.165) is 5.56 Å². The number of halogens is 1. The number of rotatable bonds is 3. The highest BCUT2D eigenvalue weighted by Crippen LogP contribution is 2.44. The van der Waals surface area contributed by atoms with Crippen LogP contribution >= 0.6 is 11.6 Å². The number of carbonyl (C=O) groups is 1. The van der Waals surface area contributed by atoms with E-state index in [1.807, 2.05) is 29.1 Å². The number of esters is 1. The van der Waals surface area contributed by atoms with Crippen LogP contribution in [0.4, 0.5) is 0 Å². The van der Waals surface area contributed by atoms with Crippen molar-refractivity contribution in [2.24, 2.45) is 0 Å². The van der Waals surface area contributed by atoms with Crippen LogP contribution in [0.3, 0.4) is 0 Å². The highest BCUT2D eigenvalue weighted by atomic mass is 35.5. The molecule has 0 N–H and O–H groups in total. The molecule has 2 aromatic carbocycles. The molecular formula is C21H18ClNO5S.